The van der Waals surface area contributed by atoms with E-state index in [2.05, 4.69) is 23.4 Å². The Kier molecular flexibility index (Phi) is 4.38. The minimum Gasteiger partial charge on any atom is -0.409 e. The molecule has 4 nitrogen and oxygen atoms in total. The van der Waals surface area contributed by atoms with Crippen molar-refractivity contribution >= 4 is 28.8 Å². The average molecular weight is 304 g/mol. The molecular weight excluding hydrogens is 286 g/mol. The summed E-state index contributed by atoms with van der Waals surface area (Å²) in [5.41, 5.74) is 10.4. The fraction of sp³-hybridized carbons (Fsp3) is 0.188. The zero-order valence-corrected chi connectivity index (χ0v) is 13.0. The molecule has 2 aromatic carbocycles. The van der Waals surface area contributed by atoms with Gasteiger partial charge in [0.15, 0.2) is 5.84 Å². The third kappa shape index (κ3) is 3.11. The van der Waals surface area contributed by atoms with Crippen molar-refractivity contribution in [1.29, 1.82) is 0 Å². The highest BCUT2D eigenvalue weighted by Crippen LogP contribution is 2.32. The van der Waals surface area contributed by atoms with E-state index in [0.29, 0.717) is 10.6 Å². The van der Waals surface area contributed by atoms with E-state index < -0.39 is 0 Å². The van der Waals surface area contributed by atoms with Crippen LogP contribution < -0.4 is 10.6 Å². The van der Waals surface area contributed by atoms with Gasteiger partial charge in [-0.25, -0.2) is 0 Å². The molecule has 0 amide bonds. The first kappa shape index (κ1) is 15.2. The van der Waals surface area contributed by atoms with Crippen LogP contribution in [0.25, 0.3) is 0 Å². The Morgan fingerprint density at radius 1 is 1.19 bits per heavy atom. The zero-order valence-electron chi connectivity index (χ0n) is 12.3. The Hall–Kier alpha value is -2.20. The van der Waals surface area contributed by atoms with Crippen LogP contribution in [0.1, 0.15) is 16.7 Å². The highest BCUT2D eigenvalue weighted by Gasteiger charge is 2.16. The molecule has 0 heterocycles. The molecule has 0 aliphatic heterocycles. The first-order chi connectivity index (χ1) is 9.93. The molecular formula is C16H18ClN3O. The third-order valence-electron chi connectivity index (χ3n) is 3.31. The summed E-state index contributed by atoms with van der Waals surface area (Å²) < 4.78 is 0. The normalized spacial score (nSPS) is 11.5. The van der Waals surface area contributed by atoms with Crippen LogP contribution in [-0.2, 0) is 0 Å². The molecule has 21 heavy (non-hydrogen) atoms. The van der Waals surface area contributed by atoms with Gasteiger partial charge in [-0.1, -0.05) is 28.9 Å². The zero-order chi connectivity index (χ0) is 15.6. The predicted octanol–water partition coefficient (Wildman–Crippen LogP) is 3.82. The van der Waals surface area contributed by atoms with Gasteiger partial charge in [0.1, 0.15) is 0 Å². The summed E-state index contributed by atoms with van der Waals surface area (Å²) in [5, 5.41) is 12.5. The van der Waals surface area contributed by atoms with E-state index in [1.807, 2.05) is 37.9 Å². The Balaban J connectivity index is 2.58. The van der Waals surface area contributed by atoms with E-state index in [-0.39, 0.29) is 5.84 Å². The van der Waals surface area contributed by atoms with Gasteiger partial charge in [0.05, 0.1) is 16.3 Å². The fourth-order valence-corrected chi connectivity index (χ4v) is 2.65. The standard InChI is InChI=1S/C16H18ClN3O/c1-10-7-11(2)9-12(8-10)20(3)14-6-4-5-13(17)15(14)16(18)19-21/h4-9,21H,1-3H3,(H2,18,19). The summed E-state index contributed by atoms with van der Waals surface area (Å²) in [6, 6.07) is 11.7. The minimum absolute atomic E-state index is 0.00757. The molecule has 0 unspecified atom stereocenters. The van der Waals surface area contributed by atoms with Crippen LogP contribution in [0, 0.1) is 13.8 Å². The molecule has 0 saturated carbocycles. The van der Waals surface area contributed by atoms with Crippen molar-refractivity contribution < 1.29 is 5.21 Å². The first-order valence-corrected chi connectivity index (χ1v) is 6.90. The number of hydrogen-bond donors (Lipinski definition) is 2. The molecule has 5 heteroatoms. The molecule has 0 fully saturated rings. The average Bonchev–Trinajstić information content (AvgIpc) is 2.44. The second-order valence-corrected chi connectivity index (χ2v) is 5.43. The van der Waals surface area contributed by atoms with Crippen LogP contribution in [0.15, 0.2) is 41.6 Å². The molecule has 0 aliphatic rings. The summed E-state index contributed by atoms with van der Waals surface area (Å²) in [6.45, 7) is 4.10. The van der Waals surface area contributed by atoms with Gasteiger partial charge in [0.25, 0.3) is 0 Å². The molecule has 0 spiro atoms. The summed E-state index contributed by atoms with van der Waals surface area (Å²) >= 11 is 6.20. The van der Waals surface area contributed by atoms with Gasteiger partial charge in [0, 0.05) is 12.7 Å². The lowest BCUT2D eigenvalue weighted by molar-refractivity contribution is 0.318. The number of anilines is 2. The van der Waals surface area contributed by atoms with Crippen molar-refractivity contribution in [3.63, 3.8) is 0 Å². The molecule has 0 saturated heterocycles. The number of benzene rings is 2. The monoisotopic (exact) mass is 303 g/mol. The number of hydrogen-bond acceptors (Lipinski definition) is 3. The summed E-state index contributed by atoms with van der Waals surface area (Å²) in [5.74, 6) is -0.00757. The number of aryl methyl sites for hydroxylation is 2. The lowest BCUT2D eigenvalue weighted by atomic mass is 10.1. The topological polar surface area (TPSA) is 61.8 Å². The Morgan fingerprint density at radius 2 is 1.81 bits per heavy atom. The predicted molar refractivity (Wildman–Crippen MR) is 87.9 cm³/mol. The number of halogens is 1. The van der Waals surface area contributed by atoms with Gasteiger partial charge >= 0.3 is 0 Å². The maximum atomic E-state index is 8.96. The van der Waals surface area contributed by atoms with Crippen LogP contribution in [-0.4, -0.2) is 18.1 Å². The molecule has 3 N–H and O–H groups in total. The van der Waals surface area contributed by atoms with Gasteiger partial charge in [-0.3, -0.25) is 0 Å². The summed E-state index contributed by atoms with van der Waals surface area (Å²) in [4.78, 5) is 1.97. The van der Waals surface area contributed by atoms with E-state index in [0.717, 1.165) is 11.4 Å². The smallest absolute Gasteiger partial charge is 0.173 e. The molecule has 0 radical (unpaired) electrons. The maximum absolute atomic E-state index is 8.96. The van der Waals surface area contributed by atoms with Crippen molar-refractivity contribution in [3.05, 3.63) is 58.1 Å². The van der Waals surface area contributed by atoms with Crippen LogP contribution >= 0.6 is 11.6 Å². The molecule has 0 bridgehead atoms. The SMILES string of the molecule is Cc1cc(C)cc(N(C)c2cccc(Cl)c2C(N)=NO)c1. The molecule has 0 atom stereocenters. The summed E-state index contributed by atoms with van der Waals surface area (Å²) in [6.07, 6.45) is 0. The van der Waals surface area contributed by atoms with E-state index in [9.17, 15) is 0 Å². The quantitative estimate of drug-likeness (QED) is 0.392. The van der Waals surface area contributed by atoms with Gasteiger partial charge in [0.2, 0.25) is 0 Å². The molecule has 0 aromatic heterocycles. The van der Waals surface area contributed by atoms with Crippen LogP contribution in [0.4, 0.5) is 11.4 Å². The second kappa shape index (κ2) is 6.06. The molecule has 0 aliphatic carbocycles. The molecule has 110 valence electrons. The molecule has 2 aromatic rings. The number of rotatable bonds is 3. The minimum atomic E-state index is -0.00757. The van der Waals surface area contributed by atoms with E-state index >= 15 is 0 Å². The highest BCUT2D eigenvalue weighted by molar-refractivity contribution is 6.35. The highest BCUT2D eigenvalue weighted by atomic mass is 35.5. The Bertz CT molecular complexity index is 678. The number of amidine groups is 1. The van der Waals surface area contributed by atoms with Crippen LogP contribution in [0.3, 0.4) is 0 Å². The Labute approximate surface area is 129 Å². The van der Waals surface area contributed by atoms with E-state index in [4.69, 9.17) is 22.5 Å². The molecule has 2 rings (SSSR count). The van der Waals surface area contributed by atoms with Gasteiger partial charge in [-0.15, -0.1) is 0 Å². The Morgan fingerprint density at radius 3 is 2.38 bits per heavy atom. The van der Waals surface area contributed by atoms with Crippen molar-refractivity contribution in [2.45, 2.75) is 13.8 Å². The van der Waals surface area contributed by atoms with Crippen molar-refractivity contribution in [1.82, 2.24) is 0 Å². The fourth-order valence-electron chi connectivity index (χ4n) is 2.38. The van der Waals surface area contributed by atoms with Crippen molar-refractivity contribution in [3.8, 4) is 0 Å². The van der Waals surface area contributed by atoms with Crippen molar-refractivity contribution in [2.24, 2.45) is 10.9 Å². The maximum Gasteiger partial charge on any atom is 0.173 e. The van der Waals surface area contributed by atoms with E-state index in [1.54, 1.807) is 6.07 Å². The van der Waals surface area contributed by atoms with Gasteiger partial charge in [-0.05, 0) is 49.2 Å². The summed E-state index contributed by atoms with van der Waals surface area (Å²) in [7, 11) is 1.92. The van der Waals surface area contributed by atoms with E-state index in [1.165, 1.54) is 11.1 Å². The first-order valence-electron chi connectivity index (χ1n) is 6.52. The second-order valence-electron chi connectivity index (χ2n) is 5.02. The van der Waals surface area contributed by atoms with Gasteiger partial charge < -0.3 is 15.8 Å². The van der Waals surface area contributed by atoms with Gasteiger partial charge in [-0.2, -0.15) is 0 Å². The number of nitrogens with zero attached hydrogens (tertiary/aromatic N) is 2. The number of nitrogens with two attached hydrogens (primary N) is 1. The lowest BCUT2D eigenvalue weighted by Gasteiger charge is -2.23. The van der Waals surface area contributed by atoms with Crippen LogP contribution in [0.2, 0.25) is 5.02 Å². The number of oxime groups is 1. The van der Waals surface area contributed by atoms with Crippen molar-refractivity contribution in [2.75, 3.05) is 11.9 Å². The van der Waals surface area contributed by atoms with Crippen LogP contribution in [0.5, 0.6) is 0 Å². The third-order valence-corrected chi connectivity index (χ3v) is 3.63. The lowest BCUT2D eigenvalue weighted by Crippen LogP contribution is -2.20. The largest absolute Gasteiger partial charge is 0.409 e.